The maximum absolute atomic E-state index is 11.8. The molecule has 100 valence electrons. The van der Waals surface area contributed by atoms with Crippen LogP contribution in [0, 0.1) is 0 Å². The molecule has 0 spiro atoms. The third-order valence-corrected chi connectivity index (χ3v) is 2.60. The number of carbonyl (C=O) groups excluding carboxylic acids is 1. The summed E-state index contributed by atoms with van der Waals surface area (Å²) in [6.45, 7) is 4.56. The van der Waals surface area contributed by atoms with E-state index in [4.69, 9.17) is 10.5 Å². The summed E-state index contributed by atoms with van der Waals surface area (Å²) in [7, 11) is 1.65. The normalized spacial score (nSPS) is 10.6. The van der Waals surface area contributed by atoms with E-state index in [2.05, 4.69) is 5.32 Å². The van der Waals surface area contributed by atoms with Gasteiger partial charge in [0, 0.05) is 25.0 Å². The van der Waals surface area contributed by atoms with Crippen LogP contribution >= 0.6 is 0 Å². The fourth-order valence-electron chi connectivity index (χ4n) is 1.59. The van der Waals surface area contributed by atoms with Crippen molar-refractivity contribution in [2.45, 2.75) is 6.92 Å². The zero-order valence-electron chi connectivity index (χ0n) is 11.0. The predicted molar refractivity (Wildman–Crippen MR) is 73.5 cm³/mol. The van der Waals surface area contributed by atoms with E-state index in [0.717, 1.165) is 18.8 Å². The van der Waals surface area contributed by atoms with Crippen molar-refractivity contribution < 1.29 is 9.53 Å². The second kappa shape index (κ2) is 7.68. The van der Waals surface area contributed by atoms with E-state index >= 15 is 0 Å². The van der Waals surface area contributed by atoms with Crippen LogP contribution in [0.3, 0.4) is 0 Å². The van der Waals surface area contributed by atoms with E-state index in [9.17, 15) is 4.79 Å². The molecule has 0 saturated carbocycles. The van der Waals surface area contributed by atoms with E-state index in [1.165, 1.54) is 0 Å². The van der Waals surface area contributed by atoms with Crippen LogP contribution in [0.1, 0.15) is 6.92 Å². The number of nitrogens with one attached hydrogen (secondary N) is 1. The van der Waals surface area contributed by atoms with Crippen LogP contribution in [0.2, 0.25) is 0 Å². The maximum Gasteiger partial charge on any atom is 0.238 e. The fourth-order valence-corrected chi connectivity index (χ4v) is 1.59. The Morgan fingerprint density at radius 1 is 1.50 bits per heavy atom. The molecule has 5 nitrogen and oxygen atoms in total. The Morgan fingerprint density at radius 3 is 2.89 bits per heavy atom. The van der Waals surface area contributed by atoms with E-state index in [1.807, 2.05) is 24.0 Å². The smallest absolute Gasteiger partial charge is 0.238 e. The standard InChI is InChI=1S/C13H21N3O2/c1-3-16(7-8-18-2)10-13(17)15-12-6-4-5-11(14)9-12/h4-6,9H,3,7-8,10,14H2,1-2H3,(H,15,17). The van der Waals surface area contributed by atoms with Crippen LogP contribution < -0.4 is 11.1 Å². The molecule has 18 heavy (non-hydrogen) atoms. The summed E-state index contributed by atoms with van der Waals surface area (Å²) < 4.78 is 5.00. The quantitative estimate of drug-likeness (QED) is 0.714. The van der Waals surface area contributed by atoms with Crippen LogP contribution in [-0.4, -0.2) is 44.2 Å². The van der Waals surface area contributed by atoms with Crippen molar-refractivity contribution in [2.75, 3.05) is 44.4 Å². The monoisotopic (exact) mass is 251 g/mol. The molecule has 5 heteroatoms. The number of ether oxygens (including phenoxy) is 1. The minimum atomic E-state index is -0.0430. The minimum absolute atomic E-state index is 0.0430. The SMILES string of the molecule is CCN(CCOC)CC(=O)Nc1cccc(N)c1. The Morgan fingerprint density at radius 2 is 2.28 bits per heavy atom. The highest BCUT2D eigenvalue weighted by Gasteiger charge is 2.08. The molecular formula is C13H21N3O2. The lowest BCUT2D eigenvalue weighted by Gasteiger charge is -2.19. The molecule has 0 radical (unpaired) electrons. The number of amides is 1. The second-order valence-corrected chi connectivity index (χ2v) is 4.04. The van der Waals surface area contributed by atoms with Crippen LogP contribution in [0.15, 0.2) is 24.3 Å². The molecule has 1 aromatic carbocycles. The highest BCUT2D eigenvalue weighted by Crippen LogP contribution is 2.11. The van der Waals surface area contributed by atoms with Gasteiger partial charge < -0.3 is 15.8 Å². The summed E-state index contributed by atoms with van der Waals surface area (Å²) in [5, 5.41) is 2.82. The Kier molecular flexibility index (Phi) is 6.18. The summed E-state index contributed by atoms with van der Waals surface area (Å²) >= 11 is 0. The molecule has 1 rings (SSSR count). The van der Waals surface area contributed by atoms with Gasteiger partial charge in [-0.2, -0.15) is 0 Å². The number of likely N-dealkylation sites (N-methyl/N-ethyl adjacent to an activating group) is 1. The Bertz CT molecular complexity index is 382. The Balaban J connectivity index is 2.45. The number of hydrogen-bond acceptors (Lipinski definition) is 4. The van der Waals surface area contributed by atoms with Gasteiger partial charge in [0.15, 0.2) is 0 Å². The molecule has 0 aliphatic carbocycles. The van der Waals surface area contributed by atoms with Gasteiger partial charge in [-0.05, 0) is 24.7 Å². The first-order valence-electron chi connectivity index (χ1n) is 6.02. The molecule has 0 saturated heterocycles. The number of anilines is 2. The van der Waals surface area contributed by atoms with Crippen LogP contribution in [0.25, 0.3) is 0 Å². The number of nitrogen functional groups attached to an aromatic ring is 1. The van der Waals surface area contributed by atoms with Crippen molar-refractivity contribution in [1.29, 1.82) is 0 Å². The highest BCUT2D eigenvalue weighted by molar-refractivity contribution is 5.92. The van der Waals surface area contributed by atoms with Gasteiger partial charge in [0.05, 0.1) is 13.2 Å². The molecule has 0 fully saturated rings. The third-order valence-electron chi connectivity index (χ3n) is 2.60. The van der Waals surface area contributed by atoms with Crippen molar-refractivity contribution in [3.05, 3.63) is 24.3 Å². The number of nitrogens with two attached hydrogens (primary N) is 1. The molecular weight excluding hydrogens is 230 g/mol. The molecule has 1 amide bonds. The lowest BCUT2D eigenvalue weighted by atomic mass is 10.3. The first kappa shape index (κ1) is 14.5. The van der Waals surface area contributed by atoms with Crippen molar-refractivity contribution in [2.24, 2.45) is 0 Å². The molecule has 0 aromatic heterocycles. The Labute approximate surface area is 108 Å². The summed E-state index contributed by atoms with van der Waals surface area (Å²) in [4.78, 5) is 13.8. The van der Waals surface area contributed by atoms with Crippen LogP contribution in [0.4, 0.5) is 11.4 Å². The lowest BCUT2D eigenvalue weighted by molar-refractivity contribution is -0.117. The summed E-state index contributed by atoms with van der Waals surface area (Å²) in [6.07, 6.45) is 0. The summed E-state index contributed by atoms with van der Waals surface area (Å²) in [5.41, 5.74) is 7.01. The Hall–Kier alpha value is -1.59. The van der Waals surface area contributed by atoms with Crippen molar-refractivity contribution in [3.63, 3.8) is 0 Å². The second-order valence-electron chi connectivity index (χ2n) is 4.04. The minimum Gasteiger partial charge on any atom is -0.399 e. The average Bonchev–Trinajstić information content (AvgIpc) is 2.34. The maximum atomic E-state index is 11.8. The molecule has 3 N–H and O–H groups in total. The largest absolute Gasteiger partial charge is 0.399 e. The first-order valence-corrected chi connectivity index (χ1v) is 6.02. The molecule has 0 heterocycles. The lowest BCUT2D eigenvalue weighted by Crippen LogP contribution is -2.35. The van der Waals surface area contributed by atoms with E-state index in [-0.39, 0.29) is 5.91 Å². The van der Waals surface area contributed by atoms with E-state index in [0.29, 0.717) is 18.8 Å². The van der Waals surface area contributed by atoms with Gasteiger partial charge in [0.2, 0.25) is 5.91 Å². The topological polar surface area (TPSA) is 67.6 Å². The van der Waals surface area contributed by atoms with Crippen molar-refractivity contribution in [1.82, 2.24) is 4.90 Å². The van der Waals surface area contributed by atoms with Gasteiger partial charge in [0.1, 0.15) is 0 Å². The summed E-state index contributed by atoms with van der Waals surface area (Å²) in [5.74, 6) is -0.0430. The first-order chi connectivity index (χ1) is 8.65. The molecule has 0 bridgehead atoms. The van der Waals surface area contributed by atoms with Crippen molar-refractivity contribution >= 4 is 17.3 Å². The van der Waals surface area contributed by atoms with E-state index < -0.39 is 0 Å². The average molecular weight is 251 g/mol. The van der Waals surface area contributed by atoms with Crippen LogP contribution in [-0.2, 0) is 9.53 Å². The van der Waals surface area contributed by atoms with E-state index in [1.54, 1.807) is 19.2 Å². The number of hydrogen-bond donors (Lipinski definition) is 2. The number of carbonyl (C=O) groups is 1. The zero-order valence-corrected chi connectivity index (χ0v) is 11.0. The molecule has 0 atom stereocenters. The summed E-state index contributed by atoms with van der Waals surface area (Å²) in [6, 6.07) is 7.16. The predicted octanol–water partition coefficient (Wildman–Crippen LogP) is 1.18. The van der Waals surface area contributed by atoms with Gasteiger partial charge in [-0.1, -0.05) is 13.0 Å². The molecule has 0 aliphatic rings. The zero-order chi connectivity index (χ0) is 13.4. The number of rotatable bonds is 7. The number of methoxy groups -OCH3 is 1. The van der Waals surface area contributed by atoms with Gasteiger partial charge >= 0.3 is 0 Å². The van der Waals surface area contributed by atoms with Crippen molar-refractivity contribution in [3.8, 4) is 0 Å². The molecule has 0 aliphatic heterocycles. The molecule has 1 aromatic rings. The number of benzene rings is 1. The van der Waals surface area contributed by atoms with Gasteiger partial charge in [-0.25, -0.2) is 0 Å². The highest BCUT2D eigenvalue weighted by atomic mass is 16.5. The number of nitrogens with zero attached hydrogens (tertiary/aromatic N) is 1. The molecule has 0 unspecified atom stereocenters. The van der Waals surface area contributed by atoms with Gasteiger partial charge in [0.25, 0.3) is 0 Å². The third kappa shape index (κ3) is 5.16. The fraction of sp³-hybridized carbons (Fsp3) is 0.462. The van der Waals surface area contributed by atoms with Gasteiger partial charge in [-0.3, -0.25) is 9.69 Å². The van der Waals surface area contributed by atoms with Crippen LogP contribution in [0.5, 0.6) is 0 Å². The van der Waals surface area contributed by atoms with Gasteiger partial charge in [-0.15, -0.1) is 0 Å².